The average molecular weight is 359 g/mol. The van der Waals surface area contributed by atoms with E-state index in [0.29, 0.717) is 31.1 Å². The van der Waals surface area contributed by atoms with Crippen LogP contribution < -0.4 is 5.32 Å². The summed E-state index contributed by atoms with van der Waals surface area (Å²) in [6.07, 6.45) is 4.50. The van der Waals surface area contributed by atoms with Gasteiger partial charge in [-0.3, -0.25) is 4.79 Å². The van der Waals surface area contributed by atoms with Crippen LogP contribution in [0.25, 0.3) is 6.08 Å². The van der Waals surface area contributed by atoms with Crippen molar-refractivity contribution in [3.8, 4) is 0 Å². The minimum absolute atomic E-state index is 0.0303. The fourth-order valence-corrected chi connectivity index (χ4v) is 3.20. The van der Waals surface area contributed by atoms with Crippen LogP contribution in [-0.2, 0) is 4.79 Å². The van der Waals surface area contributed by atoms with Gasteiger partial charge >= 0.3 is 0 Å². The van der Waals surface area contributed by atoms with E-state index < -0.39 is 6.10 Å². The molecule has 1 aromatic carbocycles. The third-order valence-corrected chi connectivity index (χ3v) is 4.59. The van der Waals surface area contributed by atoms with Gasteiger partial charge in [-0.25, -0.2) is 4.39 Å². The van der Waals surface area contributed by atoms with Gasteiger partial charge in [-0.1, -0.05) is 29.4 Å². The highest BCUT2D eigenvalue weighted by Gasteiger charge is 2.36. The quantitative estimate of drug-likeness (QED) is 0.828. The normalized spacial score (nSPS) is 22.8. The molecule has 2 N–H and O–H groups in total. The van der Waals surface area contributed by atoms with Gasteiger partial charge in [0.25, 0.3) is 0 Å². The van der Waals surface area contributed by atoms with Crippen LogP contribution in [0.1, 0.15) is 42.5 Å². The second-order valence-electron chi connectivity index (χ2n) is 6.64. The molecule has 0 spiro atoms. The first kappa shape index (κ1) is 18.3. The van der Waals surface area contributed by atoms with Gasteiger partial charge in [0, 0.05) is 24.8 Å². The number of carbonyl (C=O) groups is 1. The molecule has 1 amide bonds. The lowest BCUT2D eigenvalue weighted by Crippen LogP contribution is -2.32. The summed E-state index contributed by atoms with van der Waals surface area (Å²) in [5, 5.41) is 16.8. The summed E-state index contributed by atoms with van der Waals surface area (Å²) in [5.41, 5.74) is 0.836. The van der Waals surface area contributed by atoms with Gasteiger partial charge in [0.15, 0.2) is 5.82 Å². The standard InChI is InChI=1S/C19H22FN3O3/c1-12-22-19(26-23-12)14-9-15(17(24)10-14)11-21-18(25)4-2-3-13-5-7-16(20)8-6-13/h2-3,5-8,14-15,17,24H,4,9-11H2,1H3,(H,21,25)/b3-2+/t14-,15+,17+/m0/s1. The van der Waals surface area contributed by atoms with Crippen molar-refractivity contribution in [3.63, 3.8) is 0 Å². The number of nitrogens with one attached hydrogen (secondary N) is 1. The summed E-state index contributed by atoms with van der Waals surface area (Å²) in [5.74, 6) is 0.733. The molecular weight excluding hydrogens is 337 g/mol. The smallest absolute Gasteiger partial charge is 0.229 e. The van der Waals surface area contributed by atoms with Gasteiger partial charge in [0.05, 0.1) is 6.10 Å². The Morgan fingerprint density at radius 2 is 2.15 bits per heavy atom. The molecule has 1 saturated carbocycles. The molecule has 3 rings (SSSR count). The van der Waals surface area contributed by atoms with E-state index in [9.17, 15) is 14.3 Å². The molecule has 0 bridgehead atoms. The Hall–Kier alpha value is -2.54. The van der Waals surface area contributed by atoms with E-state index in [4.69, 9.17) is 4.52 Å². The fourth-order valence-electron chi connectivity index (χ4n) is 3.20. The number of halogens is 1. The van der Waals surface area contributed by atoms with Crippen molar-refractivity contribution in [2.45, 2.75) is 38.2 Å². The van der Waals surface area contributed by atoms with E-state index >= 15 is 0 Å². The zero-order chi connectivity index (χ0) is 18.5. The van der Waals surface area contributed by atoms with Crippen LogP contribution in [0.3, 0.4) is 0 Å². The molecule has 138 valence electrons. The number of amides is 1. The molecule has 1 aliphatic carbocycles. The van der Waals surface area contributed by atoms with E-state index in [-0.39, 0.29) is 30.0 Å². The highest BCUT2D eigenvalue weighted by atomic mass is 19.1. The van der Waals surface area contributed by atoms with Crippen molar-refractivity contribution in [3.05, 3.63) is 53.4 Å². The minimum Gasteiger partial charge on any atom is -0.393 e. The first-order chi connectivity index (χ1) is 12.5. The van der Waals surface area contributed by atoms with Crippen LogP contribution in [0.15, 0.2) is 34.9 Å². The number of aryl methyl sites for hydroxylation is 1. The first-order valence-electron chi connectivity index (χ1n) is 8.68. The summed E-state index contributed by atoms with van der Waals surface area (Å²) in [4.78, 5) is 16.2. The van der Waals surface area contributed by atoms with Gasteiger partial charge in [-0.05, 0) is 37.5 Å². The number of rotatable bonds is 6. The molecule has 26 heavy (non-hydrogen) atoms. The molecule has 1 heterocycles. The highest BCUT2D eigenvalue weighted by molar-refractivity contribution is 5.78. The molecule has 2 aromatic rings. The Morgan fingerprint density at radius 3 is 2.85 bits per heavy atom. The van der Waals surface area contributed by atoms with Crippen molar-refractivity contribution in [2.75, 3.05) is 6.54 Å². The number of aliphatic hydroxyl groups is 1. The summed E-state index contributed by atoms with van der Waals surface area (Å²) in [6, 6.07) is 6.06. The lowest BCUT2D eigenvalue weighted by molar-refractivity contribution is -0.120. The monoisotopic (exact) mass is 359 g/mol. The number of nitrogens with zero attached hydrogens (tertiary/aromatic N) is 2. The van der Waals surface area contributed by atoms with Crippen LogP contribution in [-0.4, -0.2) is 33.8 Å². The van der Waals surface area contributed by atoms with Crippen molar-refractivity contribution in [1.29, 1.82) is 0 Å². The zero-order valence-corrected chi connectivity index (χ0v) is 14.6. The first-order valence-corrected chi connectivity index (χ1v) is 8.68. The van der Waals surface area contributed by atoms with Gasteiger partial charge in [-0.2, -0.15) is 4.98 Å². The van der Waals surface area contributed by atoms with E-state index in [1.165, 1.54) is 12.1 Å². The zero-order valence-electron chi connectivity index (χ0n) is 14.6. The molecule has 3 atom stereocenters. The maximum Gasteiger partial charge on any atom is 0.229 e. The molecular formula is C19H22FN3O3. The molecule has 7 heteroatoms. The number of aliphatic hydroxyl groups excluding tert-OH is 1. The predicted octanol–water partition coefficient (Wildman–Crippen LogP) is 2.59. The third kappa shape index (κ3) is 4.76. The van der Waals surface area contributed by atoms with Crippen LogP contribution in [0.4, 0.5) is 4.39 Å². The lowest BCUT2D eigenvalue weighted by Gasteiger charge is -2.14. The largest absolute Gasteiger partial charge is 0.393 e. The number of aromatic nitrogens is 2. The molecule has 1 fully saturated rings. The van der Waals surface area contributed by atoms with Gasteiger partial charge in [0.2, 0.25) is 11.8 Å². The maximum atomic E-state index is 12.8. The van der Waals surface area contributed by atoms with E-state index in [1.807, 2.05) is 0 Å². The number of carbonyl (C=O) groups excluding carboxylic acids is 1. The maximum absolute atomic E-state index is 12.8. The molecule has 0 radical (unpaired) electrons. The van der Waals surface area contributed by atoms with E-state index in [0.717, 1.165) is 5.56 Å². The predicted molar refractivity (Wildman–Crippen MR) is 93.6 cm³/mol. The summed E-state index contributed by atoms with van der Waals surface area (Å²) >= 11 is 0. The van der Waals surface area contributed by atoms with Crippen molar-refractivity contribution in [1.82, 2.24) is 15.5 Å². The van der Waals surface area contributed by atoms with Crippen LogP contribution in [0, 0.1) is 18.7 Å². The molecule has 0 unspecified atom stereocenters. The number of hydrogen-bond acceptors (Lipinski definition) is 5. The van der Waals surface area contributed by atoms with E-state index in [2.05, 4.69) is 15.5 Å². The molecule has 6 nitrogen and oxygen atoms in total. The Kier molecular flexibility index (Phi) is 5.78. The van der Waals surface area contributed by atoms with Gasteiger partial charge in [0.1, 0.15) is 5.82 Å². The molecule has 1 aromatic heterocycles. The summed E-state index contributed by atoms with van der Waals surface area (Å²) in [7, 11) is 0. The molecule has 0 saturated heterocycles. The Bertz CT molecular complexity index is 773. The van der Waals surface area contributed by atoms with E-state index in [1.54, 1.807) is 31.2 Å². The Morgan fingerprint density at radius 1 is 1.38 bits per heavy atom. The SMILES string of the molecule is Cc1noc([C@H]2C[C@H](CNC(=O)C/C=C/c3ccc(F)cc3)[C@H](O)C2)n1. The topological polar surface area (TPSA) is 88.2 Å². The summed E-state index contributed by atoms with van der Waals surface area (Å²) < 4.78 is 18.0. The molecule has 0 aliphatic heterocycles. The Labute approximate surface area is 151 Å². The van der Waals surface area contributed by atoms with Crippen LogP contribution >= 0.6 is 0 Å². The third-order valence-electron chi connectivity index (χ3n) is 4.59. The fraction of sp³-hybridized carbons (Fsp3) is 0.421. The van der Waals surface area contributed by atoms with Crippen molar-refractivity contribution in [2.24, 2.45) is 5.92 Å². The highest BCUT2D eigenvalue weighted by Crippen LogP contribution is 2.37. The second-order valence-corrected chi connectivity index (χ2v) is 6.64. The van der Waals surface area contributed by atoms with Gasteiger partial charge < -0.3 is 14.9 Å². The number of hydrogen-bond donors (Lipinski definition) is 2. The van der Waals surface area contributed by atoms with Gasteiger partial charge in [-0.15, -0.1) is 0 Å². The van der Waals surface area contributed by atoms with Crippen LogP contribution in [0.2, 0.25) is 0 Å². The van der Waals surface area contributed by atoms with Crippen LogP contribution in [0.5, 0.6) is 0 Å². The average Bonchev–Trinajstić information content (AvgIpc) is 3.20. The Balaban J connectivity index is 1.43. The summed E-state index contributed by atoms with van der Waals surface area (Å²) in [6.45, 7) is 2.17. The molecule has 1 aliphatic rings. The number of benzene rings is 1. The van der Waals surface area contributed by atoms with Crippen molar-refractivity contribution < 1.29 is 18.8 Å². The van der Waals surface area contributed by atoms with Crippen molar-refractivity contribution >= 4 is 12.0 Å². The lowest BCUT2D eigenvalue weighted by atomic mass is 10.0. The second kappa shape index (κ2) is 8.23. The minimum atomic E-state index is -0.498.